The topological polar surface area (TPSA) is 126 Å². The molecule has 0 fully saturated rings. The number of nitrogens with zero attached hydrogens (tertiary/aromatic N) is 3. The summed E-state index contributed by atoms with van der Waals surface area (Å²) < 4.78 is 84.0. The van der Waals surface area contributed by atoms with Crippen LogP contribution in [0.1, 0.15) is 27.0 Å². The Morgan fingerprint density at radius 3 is 2.31 bits per heavy atom. The highest BCUT2D eigenvalue weighted by Crippen LogP contribution is 2.36. The summed E-state index contributed by atoms with van der Waals surface area (Å²) in [4.78, 5) is 23.7. The molecule has 4 aromatic rings. The van der Waals surface area contributed by atoms with Gasteiger partial charge in [0, 0.05) is 6.20 Å². The zero-order valence-corrected chi connectivity index (χ0v) is 21.6. The Morgan fingerprint density at radius 1 is 0.974 bits per heavy atom. The molecular weight excluding hydrogens is 582 g/mol. The van der Waals surface area contributed by atoms with Crippen molar-refractivity contribution in [2.45, 2.75) is 10.1 Å². The normalized spacial score (nSPS) is 12.1. The molecule has 1 atom stereocenters. The molecule has 2 N–H and O–H groups in total. The van der Waals surface area contributed by atoms with Gasteiger partial charge in [-0.15, -0.1) is 0 Å². The number of benzene rings is 2. The third kappa shape index (κ3) is 6.24. The molecule has 2 aromatic heterocycles. The third-order valence-corrected chi connectivity index (χ3v) is 7.78. The molecule has 0 aliphatic heterocycles. The van der Waals surface area contributed by atoms with Crippen LogP contribution in [-0.2, 0) is 10.0 Å². The van der Waals surface area contributed by atoms with E-state index in [4.69, 9.17) is 17.0 Å². The predicted octanol–water partition coefficient (Wildman–Crippen LogP) is 5.56. The van der Waals surface area contributed by atoms with Crippen molar-refractivity contribution in [2.75, 3.05) is 4.72 Å². The zero-order chi connectivity index (χ0) is 28.3. The average Bonchev–Trinajstić information content (AvgIpc) is 2.88. The molecule has 0 spiro atoms. The van der Waals surface area contributed by atoms with Crippen LogP contribution in [0.25, 0.3) is 0 Å². The van der Waals surface area contributed by atoms with E-state index < -0.39 is 60.5 Å². The molecule has 2 aromatic carbocycles. The third-order valence-electron chi connectivity index (χ3n) is 5.05. The van der Waals surface area contributed by atoms with Crippen molar-refractivity contribution < 1.29 is 30.8 Å². The Hall–Kier alpha value is -3.88. The fourth-order valence-corrected chi connectivity index (χ4v) is 5.62. The van der Waals surface area contributed by atoms with E-state index in [-0.39, 0.29) is 21.7 Å². The van der Waals surface area contributed by atoms with Crippen LogP contribution in [0.15, 0.2) is 71.9 Å². The van der Waals surface area contributed by atoms with Gasteiger partial charge in [0.25, 0.3) is 10.0 Å². The Kier molecular flexibility index (Phi) is 8.28. The molecule has 1 unspecified atom stereocenters. The van der Waals surface area contributed by atoms with Crippen molar-refractivity contribution in [3.63, 3.8) is 0 Å². The van der Waals surface area contributed by atoms with Gasteiger partial charge >= 0.3 is 0 Å². The van der Waals surface area contributed by atoms with Crippen LogP contribution < -0.4 is 4.72 Å². The molecule has 39 heavy (non-hydrogen) atoms. The van der Waals surface area contributed by atoms with Crippen molar-refractivity contribution in [3.8, 4) is 0 Å². The second-order valence-corrected chi connectivity index (χ2v) is 10.7. The van der Waals surface area contributed by atoms with Crippen molar-refractivity contribution in [2.24, 2.45) is 0 Å². The molecule has 0 amide bonds. The van der Waals surface area contributed by atoms with Crippen LogP contribution in [0.4, 0.5) is 23.2 Å². The van der Waals surface area contributed by atoms with Gasteiger partial charge in [0.15, 0.2) is 16.5 Å². The first-order chi connectivity index (χ1) is 18.5. The van der Waals surface area contributed by atoms with Crippen LogP contribution in [0.3, 0.4) is 0 Å². The lowest BCUT2D eigenvalue weighted by atomic mass is 10.0. The first-order valence-corrected chi connectivity index (χ1v) is 13.4. The lowest BCUT2D eigenvalue weighted by Crippen LogP contribution is -2.19. The van der Waals surface area contributed by atoms with Crippen LogP contribution in [0.2, 0.25) is 5.28 Å². The molecule has 0 aliphatic carbocycles. The summed E-state index contributed by atoms with van der Waals surface area (Å²) in [6, 6.07) is 9.11. The van der Waals surface area contributed by atoms with E-state index in [0.717, 1.165) is 36.5 Å². The van der Waals surface area contributed by atoms with Crippen LogP contribution in [0, 0.1) is 28.7 Å². The number of ketones is 1. The highest BCUT2D eigenvalue weighted by atomic mass is 35.5. The maximum absolute atomic E-state index is 15.5. The van der Waals surface area contributed by atoms with Gasteiger partial charge in [0.2, 0.25) is 5.28 Å². The van der Waals surface area contributed by atoms with E-state index in [0.29, 0.717) is 23.9 Å². The van der Waals surface area contributed by atoms with E-state index >= 15 is 4.39 Å². The Morgan fingerprint density at radius 2 is 1.67 bits per heavy atom. The summed E-state index contributed by atoms with van der Waals surface area (Å²) in [5.41, 5.74) is -1.40. The number of pyridine rings is 1. The number of rotatable bonds is 8. The van der Waals surface area contributed by atoms with Gasteiger partial charge in [-0.25, -0.2) is 35.9 Å². The molecule has 0 radical (unpaired) electrons. The number of hydrogen-bond donors (Lipinski definition) is 2. The largest absolute Gasteiger partial charge is 0.292 e. The molecule has 0 bridgehead atoms. The number of thioether (sulfide) groups is 1. The Labute approximate surface area is 228 Å². The molecule has 8 nitrogen and oxygen atoms in total. The first-order valence-electron chi connectivity index (χ1n) is 10.6. The van der Waals surface area contributed by atoms with E-state index in [2.05, 4.69) is 15.0 Å². The molecular formula is C24H14ClF4N5O3S2. The lowest BCUT2D eigenvalue weighted by molar-refractivity contribution is 0.0985. The van der Waals surface area contributed by atoms with E-state index in [1.165, 1.54) is 18.3 Å². The highest BCUT2D eigenvalue weighted by molar-refractivity contribution is 8.15. The minimum absolute atomic E-state index is 0.00764. The number of anilines is 1. The van der Waals surface area contributed by atoms with Gasteiger partial charge in [0.05, 0.1) is 28.8 Å². The second-order valence-electron chi connectivity index (χ2n) is 7.63. The quantitative estimate of drug-likeness (QED) is 0.0897. The molecule has 200 valence electrons. The summed E-state index contributed by atoms with van der Waals surface area (Å²) in [6.45, 7) is 0. The first kappa shape index (κ1) is 28.1. The second kappa shape index (κ2) is 11.5. The van der Waals surface area contributed by atoms with Crippen LogP contribution >= 0.6 is 23.4 Å². The van der Waals surface area contributed by atoms with Gasteiger partial charge in [-0.3, -0.25) is 19.9 Å². The minimum Gasteiger partial charge on any atom is -0.292 e. The minimum atomic E-state index is -4.94. The van der Waals surface area contributed by atoms with Gasteiger partial charge in [-0.1, -0.05) is 23.9 Å². The average molecular weight is 596 g/mol. The maximum atomic E-state index is 15.5. The molecule has 0 saturated carbocycles. The van der Waals surface area contributed by atoms with E-state index in [1.807, 2.05) is 0 Å². The highest BCUT2D eigenvalue weighted by Gasteiger charge is 2.31. The Bertz CT molecular complexity index is 1670. The van der Waals surface area contributed by atoms with Gasteiger partial charge in [-0.05, 0) is 54.1 Å². The van der Waals surface area contributed by atoms with E-state index in [1.54, 1.807) is 4.72 Å². The van der Waals surface area contributed by atoms with Crippen molar-refractivity contribution >= 4 is 49.9 Å². The smallest absolute Gasteiger partial charge is 0.267 e. The number of carbonyl (C=O) groups is 1. The number of sulfonamides is 1. The SMILES string of the molecule is N=C(SC(C(=O)c1cccc(NS(=O)(=O)c2c(F)cccc2F)c1F)c1ccnc(Cl)n1)c1ccc(F)cn1. The maximum Gasteiger partial charge on any atom is 0.267 e. The summed E-state index contributed by atoms with van der Waals surface area (Å²) in [5, 5.41) is 6.38. The monoisotopic (exact) mass is 595 g/mol. The fourth-order valence-electron chi connectivity index (χ4n) is 3.31. The predicted molar refractivity (Wildman–Crippen MR) is 136 cm³/mol. The number of halogens is 5. The summed E-state index contributed by atoms with van der Waals surface area (Å²) in [5.74, 6) is -5.76. The van der Waals surface area contributed by atoms with Gasteiger partial charge in [0.1, 0.15) is 27.7 Å². The van der Waals surface area contributed by atoms with Crippen molar-refractivity contribution in [1.82, 2.24) is 15.0 Å². The van der Waals surface area contributed by atoms with Crippen molar-refractivity contribution in [3.05, 3.63) is 112 Å². The van der Waals surface area contributed by atoms with Gasteiger partial charge < -0.3 is 0 Å². The summed E-state index contributed by atoms with van der Waals surface area (Å²) in [7, 11) is -4.94. The number of nitrogens with one attached hydrogen (secondary N) is 2. The Balaban J connectivity index is 1.72. The number of hydrogen-bond acceptors (Lipinski definition) is 8. The standard InChI is InChI=1S/C24H14ClF4N5O3S2/c25-24-31-10-9-17(33-24)21(38-23(30)18-8-7-12(26)11-32-18)20(35)13-3-1-6-16(19(13)29)34-39(36,37)22-14(27)4-2-5-15(22)28/h1-11,21,30,34H. The van der Waals surface area contributed by atoms with Crippen LogP contribution in [0.5, 0.6) is 0 Å². The van der Waals surface area contributed by atoms with E-state index in [9.17, 15) is 26.4 Å². The summed E-state index contributed by atoms with van der Waals surface area (Å²) in [6.07, 6.45) is 2.10. The zero-order valence-electron chi connectivity index (χ0n) is 19.2. The summed E-state index contributed by atoms with van der Waals surface area (Å²) >= 11 is 6.45. The molecule has 2 heterocycles. The number of aromatic nitrogens is 3. The van der Waals surface area contributed by atoms with Crippen LogP contribution in [-0.4, -0.2) is 34.2 Å². The molecule has 4 rings (SSSR count). The lowest BCUT2D eigenvalue weighted by Gasteiger charge is -2.17. The molecule has 15 heteroatoms. The van der Waals surface area contributed by atoms with Gasteiger partial charge in [-0.2, -0.15) is 0 Å². The fraction of sp³-hybridized carbons (Fsp3) is 0.0417. The number of carbonyl (C=O) groups excluding carboxylic acids is 1. The van der Waals surface area contributed by atoms with Crippen molar-refractivity contribution in [1.29, 1.82) is 5.41 Å². The molecule has 0 aliphatic rings. The molecule has 0 saturated heterocycles. The number of Topliss-reactive ketones (excluding diaryl/α,β-unsaturated/α-hetero) is 1.